The Kier molecular flexibility index (Phi) is 2.95. The molecule has 5 nitrogen and oxygen atoms in total. The Bertz CT molecular complexity index is 765. The Labute approximate surface area is 115 Å². The second kappa shape index (κ2) is 4.77. The Balaban J connectivity index is 2.20. The van der Waals surface area contributed by atoms with Gasteiger partial charge in [0.2, 0.25) is 0 Å². The number of carbonyl (C=O) groups is 1. The van der Waals surface area contributed by atoms with Gasteiger partial charge in [-0.05, 0) is 31.2 Å². The number of hydrogen-bond donors (Lipinski definition) is 1. The summed E-state index contributed by atoms with van der Waals surface area (Å²) in [7, 11) is 0. The van der Waals surface area contributed by atoms with E-state index in [9.17, 15) is 9.90 Å². The third-order valence-corrected chi connectivity index (χ3v) is 3.36. The topological polar surface area (TPSA) is 68.0 Å². The van der Waals surface area contributed by atoms with Crippen molar-refractivity contribution in [2.45, 2.75) is 13.0 Å². The lowest BCUT2D eigenvalue weighted by molar-refractivity contribution is 0.0698. The average molecular weight is 267 g/mol. The number of para-hydroxylation sites is 1. The molecule has 2 heterocycles. The number of nitrogens with zero attached hydrogens (tertiary/aromatic N) is 3. The fraction of sp³-hybridized carbons (Fsp3) is 0.133. The van der Waals surface area contributed by atoms with Gasteiger partial charge in [0.05, 0.1) is 34.7 Å². The predicted octanol–water partition coefficient (Wildman–Crippen LogP) is 2.74. The fourth-order valence-corrected chi connectivity index (χ4v) is 2.32. The minimum Gasteiger partial charge on any atom is -0.478 e. The number of benzene rings is 1. The van der Waals surface area contributed by atoms with E-state index in [0.29, 0.717) is 11.0 Å². The summed E-state index contributed by atoms with van der Waals surface area (Å²) < 4.78 is 1.85. The van der Waals surface area contributed by atoms with Gasteiger partial charge in [0.1, 0.15) is 0 Å². The number of hydrogen-bond acceptors (Lipinski definition) is 3. The van der Waals surface area contributed by atoms with Gasteiger partial charge >= 0.3 is 5.97 Å². The highest BCUT2D eigenvalue weighted by molar-refractivity contribution is 6.01. The number of carboxylic acids is 1. The molecule has 1 unspecified atom stereocenters. The number of pyridine rings is 1. The van der Waals surface area contributed by atoms with E-state index in [0.717, 1.165) is 5.69 Å². The smallest absolute Gasteiger partial charge is 0.337 e. The van der Waals surface area contributed by atoms with Crippen LogP contribution >= 0.6 is 0 Å². The molecule has 2 aromatic heterocycles. The molecule has 1 N–H and O–H groups in total. The molecule has 20 heavy (non-hydrogen) atoms. The van der Waals surface area contributed by atoms with Crippen LogP contribution < -0.4 is 0 Å². The number of carboxylic acid groups (broad SMARTS) is 1. The molecule has 0 aliphatic carbocycles. The molecule has 0 fully saturated rings. The first-order valence-electron chi connectivity index (χ1n) is 6.28. The Morgan fingerprint density at radius 1 is 1.20 bits per heavy atom. The average Bonchev–Trinajstić information content (AvgIpc) is 2.91. The fourth-order valence-electron chi connectivity index (χ4n) is 2.32. The van der Waals surface area contributed by atoms with Gasteiger partial charge in [-0.2, -0.15) is 0 Å². The molecule has 1 aromatic carbocycles. The number of fused-ring (bicyclic) bond motifs is 1. The van der Waals surface area contributed by atoms with Crippen LogP contribution in [0.25, 0.3) is 11.0 Å². The van der Waals surface area contributed by atoms with Gasteiger partial charge in [0.15, 0.2) is 0 Å². The number of rotatable bonds is 3. The number of aromatic nitrogens is 3. The quantitative estimate of drug-likeness (QED) is 0.792. The lowest BCUT2D eigenvalue weighted by atomic mass is 10.1. The van der Waals surface area contributed by atoms with Gasteiger partial charge < -0.3 is 9.67 Å². The maximum Gasteiger partial charge on any atom is 0.337 e. The molecule has 0 amide bonds. The van der Waals surface area contributed by atoms with Gasteiger partial charge in [-0.15, -0.1) is 0 Å². The molecule has 0 saturated heterocycles. The lowest BCUT2D eigenvalue weighted by Gasteiger charge is -2.14. The first kappa shape index (κ1) is 12.3. The van der Waals surface area contributed by atoms with E-state index in [4.69, 9.17) is 0 Å². The molecule has 0 spiro atoms. The van der Waals surface area contributed by atoms with Gasteiger partial charge in [-0.1, -0.05) is 12.1 Å². The zero-order chi connectivity index (χ0) is 14.1. The third-order valence-electron chi connectivity index (χ3n) is 3.36. The van der Waals surface area contributed by atoms with Crippen LogP contribution in [0.15, 0.2) is 48.9 Å². The number of aromatic carboxylic acids is 1. The molecule has 0 aliphatic rings. The second-order valence-corrected chi connectivity index (χ2v) is 4.56. The molecule has 3 aromatic rings. The van der Waals surface area contributed by atoms with Crippen molar-refractivity contribution in [3.63, 3.8) is 0 Å². The number of imidazole rings is 1. The van der Waals surface area contributed by atoms with Crippen molar-refractivity contribution in [2.24, 2.45) is 0 Å². The van der Waals surface area contributed by atoms with Crippen molar-refractivity contribution in [3.05, 3.63) is 60.2 Å². The standard InChI is InChI=1S/C15H13N3O2/c1-10(12-6-2-3-8-16-12)18-9-17-13-7-4-5-11(14(13)18)15(19)20/h2-10H,1H3,(H,19,20). The summed E-state index contributed by atoms with van der Waals surface area (Å²) >= 11 is 0. The zero-order valence-corrected chi connectivity index (χ0v) is 10.9. The van der Waals surface area contributed by atoms with Crippen LogP contribution in [-0.4, -0.2) is 25.6 Å². The van der Waals surface area contributed by atoms with Crippen LogP contribution in [0.5, 0.6) is 0 Å². The predicted molar refractivity (Wildman–Crippen MR) is 74.7 cm³/mol. The summed E-state index contributed by atoms with van der Waals surface area (Å²) in [6.07, 6.45) is 3.39. The SMILES string of the molecule is CC(c1ccccn1)n1cnc2cccc(C(=O)O)c21. The highest BCUT2D eigenvalue weighted by Gasteiger charge is 2.17. The molecule has 3 rings (SSSR count). The van der Waals surface area contributed by atoms with Crippen molar-refractivity contribution >= 4 is 17.0 Å². The molecular weight excluding hydrogens is 254 g/mol. The highest BCUT2D eigenvalue weighted by atomic mass is 16.4. The summed E-state index contributed by atoms with van der Waals surface area (Å²) in [4.78, 5) is 20.0. The van der Waals surface area contributed by atoms with Gasteiger partial charge in [0.25, 0.3) is 0 Å². The van der Waals surface area contributed by atoms with Gasteiger partial charge in [-0.3, -0.25) is 4.98 Å². The van der Waals surface area contributed by atoms with Crippen molar-refractivity contribution in [3.8, 4) is 0 Å². The van der Waals surface area contributed by atoms with Crippen LogP contribution in [0.1, 0.15) is 29.0 Å². The summed E-state index contributed by atoms with van der Waals surface area (Å²) in [5.74, 6) is -0.953. The summed E-state index contributed by atoms with van der Waals surface area (Å²) in [6, 6.07) is 10.7. The monoisotopic (exact) mass is 267 g/mol. The largest absolute Gasteiger partial charge is 0.478 e. The van der Waals surface area contributed by atoms with Crippen LogP contribution in [0.3, 0.4) is 0 Å². The normalized spacial score (nSPS) is 12.4. The van der Waals surface area contributed by atoms with E-state index in [-0.39, 0.29) is 11.6 Å². The molecule has 0 radical (unpaired) electrons. The molecule has 1 atom stereocenters. The Morgan fingerprint density at radius 3 is 2.75 bits per heavy atom. The van der Waals surface area contributed by atoms with Gasteiger partial charge in [-0.25, -0.2) is 9.78 Å². The summed E-state index contributed by atoms with van der Waals surface area (Å²) in [6.45, 7) is 1.97. The van der Waals surface area contributed by atoms with Crippen LogP contribution in [-0.2, 0) is 0 Å². The molecular formula is C15H13N3O2. The minimum absolute atomic E-state index is 0.0818. The van der Waals surface area contributed by atoms with Gasteiger partial charge in [0, 0.05) is 6.20 Å². The highest BCUT2D eigenvalue weighted by Crippen LogP contribution is 2.24. The first-order chi connectivity index (χ1) is 9.68. The Morgan fingerprint density at radius 2 is 2.05 bits per heavy atom. The van der Waals surface area contributed by atoms with E-state index < -0.39 is 5.97 Å². The molecule has 5 heteroatoms. The zero-order valence-electron chi connectivity index (χ0n) is 10.9. The lowest BCUT2D eigenvalue weighted by Crippen LogP contribution is -2.09. The van der Waals surface area contributed by atoms with Crippen LogP contribution in [0.4, 0.5) is 0 Å². The summed E-state index contributed by atoms with van der Waals surface area (Å²) in [5.41, 5.74) is 2.42. The van der Waals surface area contributed by atoms with Crippen LogP contribution in [0, 0.1) is 0 Å². The molecule has 0 aliphatic heterocycles. The Hall–Kier alpha value is -2.69. The van der Waals surface area contributed by atoms with Crippen molar-refractivity contribution in [2.75, 3.05) is 0 Å². The third kappa shape index (κ3) is 1.93. The van der Waals surface area contributed by atoms with E-state index in [1.54, 1.807) is 24.7 Å². The van der Waals surface area contributed by atoms with E-state index in [2.05, 4.69) is 9.97 Å². The second-order valence-electron chi connectivity index (χ2n) is 4.56. The van der Waals surface area contributed by atoms with E-state index in [1.165, 1.54) is 0 Å². The minimum atomic E-state index is -0.953. The maximum atomic E-state index is 11.4. The van der Waals surface area contributed by atoms with Crippen molar-refractivity contribution in [1.82, 2.24) is 14.5 Å². The van der Waals surface area contributed by atoms with E-state index >= 15 is 0 Å². The van der Waals surface area contributed by atoms with E-state index in [1.807, 2.05) is 35.8 Å². The van der Waals surface area contributed by atoms with Crippen molar-refractivity contribution < 1.29 is 9.90 Å². The van der Waals surface area contributed by atoms with Crippen molar-refractivity contribution in [1.29, 1.82) is 0 Å². The molecule has 100 valence electrons. The summed E-state index contributed by atoms with van der Waals surface area (Å²) in [5, 5.41) is 9.32. The molecule has 0 bridgehead atoms. The first-order valence-corrected chi connectivity index (χ1v) is 6.28. The van der Waals surface area contributed by atoms with Crippen LogP contribution in [0.2, 0.25) is 0 Å². The maximum absolute atomic E-state index is 11.4. The molecule has 0 saturated carbocycles.